The average molecular weight is 283 g/mol. The maximum Gasteiger partial charge on any atom is 0.237 e. The first-order valence-electron chi connectivity index (χ1n) is 7.01. The number of furan rings is 1. The van der Waals surface area contributed by atoms with E-state index in [1.165, 1.54) is 0 Å². The molecule has 4 nitrogen and oxygen atoms in total. The maximum atomic E-state index is 12.5. The smallest absolute Gasteiger partial charge is 0.237 e. The highest BCUT2D eigenvalue weighted by molar-refractivity contribution is 6.07. The lowest BCUT2D eigenvalue weighted by Gasteiger charge is -2.18. The van der Waals surface area contributed by atoms with E-state index < -0.39 is 5.41 Å². The Morgan fingerprint density at radius 1 is 1.24 bits per heavy atom. The zero-order valence-corrected chi connectivity index (χ0v) is 12.3. The minimum atomic E-state index is -0.540. The molecule has 0 bridgehead atoms. The second-order valence-electron chi connectivity index (χ2n) is 5.73. The number of fused-ring (bicyclic) bond motifs is 1. The molecule has 1 aromatic heterocycles. The molecule has 1 amide bonds. The van der Waals surface area contributed by atoms with E-state index in [0.717, 1.165) is 16.8 Å². The SMILES string of the molecule is CCN1C(=O)C(C)(C)c2cc(-c3ccc(C=O)o3)ccc21. The lowest BCUT2D eigenvalue weighted by Crippen LogP contribution is -2.35. The van der Waals surface area contributed by atoms with Crippen molar-refractivity contribution in [1.29, 1.82) is 0 Å². The molecule has 1 aliphatic heterocycles. The van der Waals surface area contributed by atoms with Gasteiger partial charge in [-0.2, -0.15) is 0 Å². The number of anilines is 1. The van der Waals surface area contributed by atoms with E-state index >= 15 is 0 Å². The van der Waals surface area contributed by atoms with Gasteiger partial charge in [0.2, 0.25) is 5.91 Å². The van der Waals surface area contributed by atoms with Crippen LogP contribution >= 0.6 is 0 Å². The average Bonchev–Trinajstić information content (AvgIpc) is 3.02. The highest BCUT2D eigenvalue weighted by Crippen LogP contribution is 2.43. The van der Waals surface area contributed by atoms with Gasteiger partial charge >= 0.3 is 0 Å². The number of nitrogens with zero attached hydrogens (tertiary/aromatic N) is 1. The van der Waals surface area contributed by atoms with Crippen molar-refractivity contribution in [2.45, 2.75) is 26.2 Å². The molecule has 0 N–H and O–H groups in total. The Kier molecular flexibility index (Phi) is 2.97. The summed E-state index contributed by atoms with van der Waals surface area (Å²) < 4.78 is 5.46. The van der Waals surface area contributed by atoms with Gasteiger partial charge in [-0.3, -0.25) is 9.59 Å². The van der Waals surface area contributed by atoms with Gasteiger partial charge in [0, 0.05) is 17.8 Å². The fourth-order valence-electron chi connectivity index (χ4n) is 2.87. The Bertz CT molecular complexity index is 727. The molecule has 108 valence electrons. The molecule has 0 fully saturated rings. The van der Waals surface area contributed by atoms with Gasteiger partial charge in [-0.25, -0.2) is 0 Å². The maximum absolute atomic E-state index is 12.5. The van der Waals surface area contributed by atoms with Crippen molar-refractivity contribution < 1.29 is 14.0 Å². The number of carbonyl (C=O) groups excluding carboxylic acids is 2. The third-order valence-corrected chi connectivity index (χ3v) is 4.08. The number of carbonyl (C=O) groups is 2. The second-order valence-corrected chi connectivity index (χ2v) is 5.73. The highest BCUT2D eigenvalue weighted by Gasteiger charge is 2.43. The van der Waals surface area contributed by atoms with Crippen LogP contribution in [-0.4, -0.2) is 18.7 Å². The summed E-state index contributed by atoms with van der Waals surface area (Å²) in [5.41, 5.74) is 2.29. The molecule has 2 aromatic rings. The van der Waals surface area contributed by atoms with Crippen LogP contribution in [0.1, 0.15) is 36.9 Å². The molecule has 1 aliphatic rings. The third kappa shape index (κ3) is 1.90. The molecular weight excluding hydrogens is 266 g/mol. The van der Waals surface area contributed by atoms with Crippen LogP contribution in [0.5, 0.6) is 0 Å². The summed E-state index contributed by atoms with van der Waals surface area (Å²) in [5.74, 6) is 1.05. The van der Waals surface area contributed by atoms with Gasteiger partial charge in [0.25, 0.3) is 0 Å². The van der Waals surface area contributed by atoms with Crippen LogP contribution in [0.4, 0.5) is 5.69 Å². The van der Waals surface area contributed by atoms with E-state index in [9.17, 15) is 9.59 Å². The first-order chi connectivity index (χ1) is 9.98. The van der Waals surface area contributed by atoms with Crippen LogP contribution in [-0.2, 0) is 10.2 Å². The van der Waals surface area contributed by atoms with Crippen molar-refractivity contribution in [1.82, 2.24) is 0 Å². The van der Waals surface area contributed by atoms with Crippen molar-refractivity contribution in [2.24, 2.45) is 0 Å². The lowest BCUT2D eigenvalue weighted by atomic mass is 9.85. The number of amides is 1. The molecule has 21 heavy (non-hydrogen) atoms. The molecule has 1 aromatic carbocycles. The van der Waals surface area contributed by atoms with Gasteiger partial charge in [0.15, 0.2) is 12.0 Å². The molecule has 0 aliphatic carbocycles. The molecule has 0 saturated carbocycles. The van der Waals surface area contributed by atoms with Crippen molar-refractivity contribution in [3.63, 3.8) is 0 Å². The van der Waals surface area contributed by atoms with Crippen LogP contribution in [0.3, 0.4) is 0 Å². The Morgan fingerprint density at radius 2 is 2.00 bits per heavy atom. The quantitative estimate of drug-likeness (QED) is 0.811. The van der Waals surface area contributed by atoms with Gasteiger partial charge < -0.3 is 9.32 Å². The highest BCUT2D eigenvalue weighted by atomic mass is 16.3. The molecular formula is C17H17NO3. The van der Waals surface area contributed by atoms with Gasteiger partial charge in [0.05, 0.1) is 5.41 Å². The first kappa shape index (κ1) is 13.6. The summed E-state index contributed by atoms with van der Waals surface area (Å²) in [6.45, 7) is 6.50. The van der Waals surface area contributed by atoms with E-state index in [0.29, 0.717) is 24.4 Å². The van der Waals surface area contributed by atoms with Crippen molar-refractivity contribution in [3.05, 3.63) is 41.7 Å². The molecule has 0 unspecified atom stereocenters. The first-order valence-corrected chi connectivity index (χ1v) is 7.01. The number of rotatable bonds is 3. The molecule has 0 spiro atoms. The number of hydrogen-bond donors (Lipinski definition) is 0. The summed E-state index contributed by atoms with van der Waals surface area (Å²) >= 11 is 0. The monoisotopic (exact) mass is 283 g/mol. The van der Waals surface area contributed by atoms with Crippen LogP contribution in [0.15, 0.2) is 34.7 Å². The summed E-state index contributed by atoms with van der Waals surface area (Å²) in [4.78, 5) is 25.0. The minimum absolute atomic E-state index is 0.116. The molecule has 0 radical (unpaired) electrons. The lowest BCUT2D eigenvalue weighted by molar-refractivity contribution is -0.122. The molecule has 0 atom stereocenters. The predicted octanol–water partition coefficient (Wildman–Crippen LogP) is 3.40. The summed E-state index contributed by atoms with van der Waals surface area (Å²) in [7, 11) is 0. The fourth-order valence-corrected chi connectivity index (χ4v) is 2.87. The van der Waals surface area contributed by atoms with E-state index in [2.05, 4.69) is 0 Å². The van der Waals surface area contributed by atoms with E-state index in [4.69, 9.17) is 4.42 Å². The summed E-state index contributed by atoms with van der Waals surface area (Å²) in [6, 6.07) is 9.26. The van der Waals surface area contributed by atoms with Crippen LogP contribution in [0.2, 0.25) is 0 Å². The normalized spacial score (nSPS) is 16.1. The Morgan fingerprint density at radius 3 is 2.62 bits per heavy atom. The van der Waals surface area contributed by atoms with Crippen molar-refractivity contribution in [2.75, 3.05) is 11.4 Å². The number of hydrogen-bond acceptors (Lipinski definition) is 3. The van der Waals surface area contributed by atoms with Crippen LogP contribution in [0, 0.1) is 0 Å². The summed E-state index contributed by atoms with van der Waals surface area (Å²) in [5, 5.41) is 0. The van der Waals surface area contributed by atoms with E-state index in [1.54, 1.807) is 17.0 Å². The van der Waals surface area contributed by atoms with Gasteiger partial charge in [-0.1, -0.05) is 0 Å². The third-order valence-electron chi connectivity index (χ3n) is 4.08. The predicted molar refractivity (Wildman–Crippen MR) is 80.6 cm³/mol. The molecule has 0 saturated heterocycles. The van der Waals surface area contributed by atoms with Crippen molar-refractivity contribution in [3.8, 4) is 11.3 Å². The largest absolute Gasteiger partial charge is 0.453 e. The zero-order chi connectivity index (χ0) is 15.2. The Balaban J connectivity index is 2.12. The van der Waals surface area contributed by atoms with Gasteiger partial charge in [-0.05, 0) is 56.7 Å². The number of benzene rings is 1. The Labute approximate surface area is 123 Å². The molecule has 3 rings (SSSR count). The van der Waals surface area contributed by atoms with Crippen LogP contribution in [0.25, 0.3) is 11.3 Å². The number of likely N-dealkylation sites (N-methyl/N-ethyl adjacent to an activating group) is 1. The topological polar surface area (TPSA) is 50.5 Å². The molecule has 4 heteroatoms. The van der Waals surface area contributed by atoms with E-state index in [1.807, 2.05) is 39.0 Å². The molecule has 2 heterocycles. The fraction of sp³-hybridized carbons (Fsp3) is 0.294. The van der Waals surface area contributed by atoms with Gasteiger partial charge in [-0.15, -0.1) is 0 Å². The minimum Gasteiger partial charge on any atom is -0.453 e. The van der Waals surface area contributed by atoms with E-state index in [-0.39, 0.29) is 5.91 Å². The number of aldehydes is 1. The van der Waals surface area contributed by atoms with Crippen molar-refractivity contribution >= 4 is 17.9 Å². The Hall–Kier alpha value is -2.36. The standard InChI is InChI=1S/C17H17NO3/c1-4-18-14-7-5-11(15-8-6-12(10-19)21-15)9-13(14)17(2,3)16(18)20/h5-10H,4H2,1-3H3. The second kappa shape index (κ2) is 4.58. The summed E-state index contributed by atoms with van der Waals surface area (Å²) in [6.07, 6.45) is 0.684. The van der Waals surface area contributed by atoms with Crippen LogP contribution < -0.4 is 4.90 Å². The van der Waals surface area contributed by atoms with Gasteiger partial charge in [0.1, 0.15) is 5.76 Å². The zero-order valence-electron chi connectivity index (χ0n) is 12.3.